The average molecular weight is 265 g/mol. The van der Waals surface area contributed by atoms with Gasteiger partial charge in [0.1, 0.15) is 5.92 Å². The average Bonchev–Trinajstić information content (AvgIpc) is 2.58. The number of aromatic nitrogens is 1. The van der Waals surface area contributed by atoms with Gasteiger partial charge in [0.2, 0.25) is 5.91 Å². The number of nitrogens with one attached hydrogen (secondary N) is 1. The van der Waals surface area contributed by atoms with Crippen LogP contribution in [-0.4, -0.2) is 10.9 Å². The van der Waals surface area contributed by atoms with Crippen molar-refractivity contribution in [2.75, 3.05) is 0 Å². The molecule has 98 valence electrons. The number of nitriles is 1. The van der Waals surface area contributed by atoms with Gasteiger partial charge >= 0.3 is 0 Å². The topological polar surface area (TPSA) is 65.8 Å². The Morgan fingerprint density at radius 3 is 2.39 bits per heavy atom. The van der Waals surface area contributed by atoms with Gasteiger partial charge in [-0.3, -0.25) is 4.79 Å². The quantitative estimate of drug-likeness (QED) is 0.910. The first-order valence-corrected chi connectivity index (χ1v) is 6.82. The number of hydrogen-bond donors (Lipinski definition) is 1. The van der Waals surface area contributed by atoms with Gasteiger partial charge in [-0.1, -0.05) is 13.8 Å². The summed E-state index contributed by atoms with van der Waals surface area (Å²) in [6, 6.07) is 1.95. The smallest absolute Gasteiger partial charge is 0.238 e. The minimum absolute atomic E-state index is 0.0199. The fraction of sp³-hybridized carbons (Fsp3) is 0.615. The summed E-state index contributed by atoms with van der Waals surface area (Å²) in [6.07, 6.45) is 0. The molecule has 1 amide bonds. The van der Waals surface area contributed by atoms with Crippen LogP contribution >= 0.6 is 11.3 Å². The minimum atomic E-state index is -0.596. The number of carbonyl (C=O) groups excluding carboxylic acids is 1. The Labute approximate surface area is 112 Å². The first-order valence-electron chi connectivity index (χ1n) is 6.00. The molecule has 5 heteroatoms. The van der Waals surface area contributed by atoms with Gasteiger partial charge in [0.15, 0.2) is 0 Å². The molecule has 1 rings (SSSR count). The number of rotatable bonds is 4. The Morgan fingerprint density at radius 1 is 1.39 bits per heavy atom. The summed E-state index contributed by atoms with van der Waals surface area (Å²) >= 11 is 1.58. The summed E-state index contributed by atoms with van der Waals surface area (Å²) in [4.78, 5) is 17.4. The molecule has 2 atom stereocenters. The van der Waals surface area contributed by atoms with Crippen LogP contribution in [-0.2, 0) is 4.79 Å². The van der Waals surface area contributed by atoms with Gasteiger partial charge in [-0.25, -0.2) is 4.98 Å². The van der Waals surface area contributed by atoms with Crippen LogP contribution < -0.4 is 5.32 Å². The standard InChI is InChI=1S/C13H19N3OS/c1-7(2)11(6-14)13(17)16-9(4)12-8(3)15-10(5)18-12/h7,9,11H,1-5H3,(H,16,17). The molecular formula is C13H19N3OS. The van der Waals surface area contributed by atoms with Gasteiger partial charge < -0.3 is 5.32 Å². The van der Waals surface area contributed by atoms with E-state index in [1.807, 2.05) is 34.6 Å². The van der Waals surface area contributed by atoms with Gasteiger partial charge in [0, 0.05) is 4.88 Å². The highest BCUT2D eigenvalue weighted by atomic mass is 32.1. The van der Waals surface area contributed by atoms with Gasteiger partial charge in [-0.15, -0.1) is 11.3 Å². The fourth-order valence-corrected chi connectivity index (χ4v) is 2.76. The highest BCUT2D eigenvalue weighted by Crippen LogP contribution is 2.25. The van der Waals surface area contributed by atoms with Crippen molar-refractivity contribution in [1.29, 1.82) is 5.26 Å². The highest BCUT2D eigenvalue weighted by molar-refractivity contribution is 7.11. The molecule has 0 aliphatic heterocycles. The number of nitrogens with zero attached hydrogens (tertiary/aromatic N) is 2. The minimum Gasteiger partial charge on any atom is -0.348 e. The second-order valence-electron chi connectivity index (χ2n) is 4.76. The third-order valence-corrected chi connectivity index (χ3v) is 4.04. The van der Waals surface area contributed by atoms with E-state index in [4.69, 9.17) is 5.26 Å². The third-order valence-electron chi connectivity index (χ3n) is 2.78. The second-order valence-corrected chi connectivity index (χ2v) is 6.00. The maximum absolute atomic E-state index is 12.0. The molecule has 1 heterocycles. The summed E-state index contributed by atoms with van der Waals surface area (Å²) in [6.45, 7) is 9.56. The maximum atomic E-state index is 12.0. The zero-order valence-corrected chi connectivity index (χ0v) is 12.3. The van der Waals surface area contributed by atoms with Gasteiger partial charge in [-0.2, -0.15) is 5.26 Å². The van der Waals surface area contributed by atoms with Crippen LogP contribution in [0.4, 0.5) is 0 Å². The first-order chi connectivity index (χ1) is 8.36. The van der Waals surface area contributed by atoms with E-state index in [0.717, 1.165) is 15.6 Å². The number of aryl methyl sites for hydroxylation is 2. The normalized spacial score (nSPS) is 14.1. The molecule has 0 aliphatic rings. The Balaban J connectivity index is 2.77. The van der Waals surface area contributed by atoms with Crippen LogP contribution in [0.3, 0.4) is 0 Å². The van der Waals surface area contributed by atoms with Gasteiger partial charge in [-0.05, 0) is 26.7 Å². The Kier molecular flexibility index (Phi) is 4.85. The second kappa shape index (κ2) is 5.96. The molecule has 0 saturated heterocycles. The van der Waals surface area contributed by atoms with Crippen LogP contribution in [0.1, 0.15) is 42.4 Å². The third kappa shape index (κ3) is 3.30. The molecule has 1 aromatic rings. The van der Waals surface area contributed by atoms with Crippen molar-refractivity contribution in [2.24, 2.45) is 11.8 Å². The predicted molar refractivity (Wildman–Crippen MR) is 72.1 cm³/mol. The molecule has 0 radical (unpaired) electrons. The van der Waals surface area contributed by atoms with Crippen molar-refractivity contribution in [1.82, 2.24) is 10.3 Å². The van der Waals surface area contributed by atoms with Crippen molar-refractivity contribution in [2.45, 2.75) is 40.7 Å². The molecule has 0 aliphatic carbocycles. The van der Waals surface area contributed by atoms with Crippen LogP contribution in [0.5, 0.6) is 0 Å². The van der Waals surface area contributed by atoms with Crippen LogP contribution in [0.15, 0.2) is 0 Å². The first kappa shape index (κ1) is 14.7. The van der Waals surface area contributed by atoms with Crippen molar-refractivity contribution in [3.8, 4) is 6.07 Å². The molecule has 1 N–H and O–H groups in total. The van der Waals surface area contributed by atoms with Gasteiger partial charge in [0.05, 0.1) is 22.8 Å². The fourth-order valence-electron chi connectivity index (χ4n) is 1.83. The highest BCUT2D eigenvalue weighted by Gasteiger charge is 2.24. The van der Waals surface area contributed by atoms with E-state index in [0.29, 0.717) is 0 Å². The van der Waals surface area contributed by atoms with Crippen molar-refractivity contribution >= 4 is 17.2 Å². The monoisotopic (exact) mass is 265 g/mol. The lowest BCUT2D eigenvalue weighted by atomic mass is 9.96. The van der Waals surface area contributed by atoms with E-state index < -0.39 is 5.92 Å². The Bertz CT molecular complexity index is 473. The van der Waals surface area contributed by atoms with E-state index >= 15 is 0 Å². The molecule has 18 heavy (non-hydrogen) atoms. The number of carbonyl (C=O) groups is 1. The van der Waals surface area contributed by atoms with Crippen LogP contribution in [0.25, 0.3) is 0 Å². The van der Waals surface area contributed by atoms with Crippen molar-refractivity contribution < 1.29 is 4.79 Å². The predicted octanol–water partition coefficient (Wildman–Crippen LogP) is 2.73. The summed E-state index contributed by atoms with van der Waals surface area (Å²) in [5.74, 6) is -0.779. The van der Waals surface area contributed by atoms with Crippen LogP contribution in [0.2, 0.25) is 0 Å². The van der Waals surface area contributed by atoms with E-state index in [1.165, 1.54) is 0 Å². The maximum Gasteiger partial charge on any atom is 0.238 e. The van der Waals surface area contributed by atoms with E-state index in [-0.39, 0.29) is 17.9 Å². The number of hydrogen-bond acceptors (Lipinski definition) is 4. The molecule has 1 aromatic heterocycles. The number of thiazole rings is 1. The molecule has 4 nitrogen and oxygen atoms in total. The lowest BCUT2D eigenvalue weighted by Gasteiger charge is -2.17. The lowest BCUT2D eigenvalue weighted by molar-refractivity contribution is -0.125. The SMILES string of the molecule is Cc1nc(C)c(C(C)NC(=O)C(C#N)C(C)C)s1. The Hall–Kier alpha value is -1.41. The van der Waals surface area contributed by atoms with E-state index in [9.17, 15) is 4.79 Å². The molecule has 0 spiro atoms. The van der Waals surface area contributed by atoms with Gasteiger partial charge in [0.25, 0.3) is 0 Å². The summed E-state index contributed by atoms with van der Waals surface area (Å²) in [5.41, 5.74) is 0.948. The van der Waals surface area contributed by atoms with E-state index in [1.54, 1.807) is 11.3 Å². The molecule has 2 unspecified atom stereocenters. The Morgan fingerprint density at radius 2 is 2.00 bits per heavy atom. The molecule has 0 bridgehead atoms. The molecular weight excluding hydrogens is 246 g/mol. The van der Waals surface area contributed by atoms with Crippen LogP contribution in [0, 0.1) is 37.0 Å². The van der Waals surface area contributed by atoms with E-state index in [2.05, 4.69) is 16.4 Å². The van der Waals surface area contributed by atoms with Crippen molar-refractivity contribution in [3.63, 3.8) is 0 Å². The summed E-state index contributed by atoms with van der Waals surface area (Å²) in [7, 11) is 0. The molecule has 0 fully saturated rings. The largest absolute Gasteiger partial charge is 0.348 e. The zero-order valence-electron chi connectivity index (χ0n) is 11.4. The summed E-state index contributed by atoms with van der Waals surface area (Å²) < 4.78 is 0. The molecule has 0 saturated carbocycles. The number of amides is 1. The zero-order chi connectivity index (χ0) is 13.9. The molecule has 0 aromatic carbocycles. The summed E-state index contributed by atoms with van der Waals surface area (Å²) in [5, 5.41) is 12.9. The lowest BCUT2D eigenvalue weighted by Crippen LogP contribution is -2.34. The van der Waals surface area contributed by atoms with Crippen molar-refractivity contribution in [3.05, 3.63) is 15.6 Å².